The summed E-state index contributed by atoms with van der Waals surface area (Å²) in [6.07, 6.45) is 0.750. The molecule has 8 nitrogen and oxygen atoms in total. The van der Waals surface area contributed by atoms with Crippen LogP contribution >= 0.6 is 0 Å². The zero-order valence-corrected chi connectivity index (χ0v) is 11.4. The van der Waals surface area contributed by atoms with E-state index in [1.165, 1.54) is 4.68 Å². The van der Waals surface area contributed by atoms with Gasteiger partial charge in [0.1, 0.15) is 5.69 Å². The minimum atomic E-state index is -0.444. The molecular formula is C11H19N5O3. The Hall–Kier alpha value is -2.12. The zero-order chi connectivity index (χ0) is 14.4. The molecule has 1 heterocycles. The van der Waals surface area contributed by atoms with E-state index >= 15 is 0 Å². The SMILES string of the molecule is CCNC(=O)CCNc1c([N+](=O)[O-])c(CC)nn1C. The van der Waals surface area contributed by atoms with Crippen LogP contribution in [0, 0.1) is 10.1 Å². The average molecular weight is 269 g/mol. The smallest absolute Gasteiger partial charge is 0.333 e. The molecule has 0 atom stereocenters. The molecule has 106 valence electrons. The third kappa shape index (κ3) is 3.67. The lowest BCUT2D eigenvalue weighted by molar-refractivity contribution is -0.384. The monoisotopic (exact) mass is 269 g/mol. The Kier molecular flexibility index (Phi) is 5.28. The van der Waals surface area contributed by atoms with E-state index in [-0.39, 0.29) is 18.0 Å². The Labute approximate surface area is 111 Å². The van der Waals surface area contributed by atoms with E-state index in [2.05, 4.69) is 15.7 Å². The zero-order valence-electron chi connectivity index (χ0n) is 11.4. The van der Waals surface area contributed by atoms with Gasteiger partial charge in [-0.25, -0.2) is 4.68 Å². The highest BCUT2D eigenvalue weighted by molar-refractivity contribution is 5.76. The highest BCUT2D eigenvalue weighted by Gasteiger charge is 2.25. The molecule has 0 aromatic carbocycles. The molecule has 0 saturated heterocycles. The van der Waals surface area contributed by atoms with Crippen molar-refractivity contribution < 1.29 is 9.72 Å². The lowest BCUT2D eigenvalue weighted by Gasteiger charge is -2.06. The first kappa shape index (κ1) is 14.9. The molecule has 0 aliphatic rings. The van der Waals surface area contributed by atoms with Crippen LogP contribution in [0.4, 0.5) is 11.5 Å². The van der Waals surface area contributed by atoms with E-state index in [0.29, 0.717) is 31.0 Å². The van der Waals surface area contributed by atoms with Crippen LogP contribution in [0.15, 0.2) is 0 Å². The summed E-state index contributed by atoms with van der Waals surface area (Å²) in [5, 5.41) is 20.7. The number of hydrogen-bond acceptors (Lipinski definition) is 5. The molecule has 1 rings (SSSR count). The van der Waals surface area contributed by atoms with Crippen molar-refractivity contribution in [2.75, 3.05) is 18.4 Å². The molecule has 0 aliphatic heterocycles. The maximum atomic E-state index is 11.3. The highest BCUT2D eigenvalue weighted by Crippen LogP contribution is 2.28. The fraction of sp³-hybridized carbons (Fsp3) is 0.636. The van der Waals surface area contributed by atoms with Gasteiger partial charge in [-0.05, 0) is 13.3 Å². The number of nitrogens with zero attached hydrogens (tertiary/aromatic N) is 3. The number of rotatable bonds is 7. The minimum absolute atomic E-state index is 0.0131. The van der Waals surface area contributed by atoms with Crippen molar-refractivity contribution >= 4 is 17.4 Å². The molecule has 0 aliphatic carbocycles. The first-order valence-corrected chi connectivity index (χ1v) is 6.22. The predicted octanol–water partition coefficient (Wildman–Crippen LogP) is 0.829. The van der Waals surface area contributed by atoms with Crippen LogP contribution in [0.3, 0.4) is 0 Å². The van der Waals surface area contributed by atoms with Gasteiger partial charge < -0.3 is 10.6 Å². The summed E-state index contributed by atoms with van der Waals surface area (Å²) in [4.78, 5) is 21.9. The second-order valence-electron chi connectivity index (χ2n) is 4.01. The van der Waals surface area contributed by atoms with Gasteiger partial charge in [0.2, 0.25) is 11.7 Å². The van der Waals surface area contributed by atoms with Crippen molar-refractivity contribution in [2.45, 2.75) is 26.7 Å². The molecule has 0 spiro atoms. The molecule has 19 heavy (non-hydrogen) atoms. The normalized spacial score (nSPS) is 10.3. The van der Waals surface area contributed by atoms with Gasteiger partial charge in [-0.1, -0.05) is 6.92 Å². The summed E-state index contributed by atoms with van der Waals surface area (Å²) in [6.45, 7) is 4.55. The quantitative estimate of drug-likeness (QED) is 0.564. The molecule has 8 heteroatoms. The Morgan fingerprint density at radius 3 is 2.68 bits per heavy atom. The van der Waals surface area contributed by atoms with Gasteiger partial charge in [0.15, 0.2) is 0 Å². The molecule has 0 unspecified atom stereocenters. The Morgan fingerprint density at radius 1 is 1.47 bits per heavy atom. The third-order valence-electron chi connectivity index (χ3n) is 2.63. The Morgan fingerprint density at radius 2 is 2.16 bits per heavy atom. The predicted molar refractivity (Wildman–Crippen MR) is 71.0 cm³/mol. The van der Waals surface area contributed by atoms with Gasteiger partial charge >= 0.3 is 5.69 Å². The Bertz CT molecular complexity index is 469. The summed E-state index contributed by atoms with van der Waals surface area (Å²) in [5.74, 6) is 0.252. The number of carbonyl (C=O) groups excluding carboxylic acids is 1. The standard InChI is InChI=1S/C11H19N5O3/c1-4-8-10(16(18)19)11(15(3)14-8)13-7-6-9(17)12-5-2/h13H,4-7H2,1-3H3,(H,12,17). The number of amides is 1. The number of nitro groups is 1. The largest absolute Gasteiger partial charge is 0.364 e. The molecule has 0 bridgehead atoms. The van der Waals surface area contributed by atoms with E-state index in [4.69, 9.17) is 0 Å². The van der Waals surface area contributed by atoms with E-state index in [1.807, 2.05) is 13.8 Å². The van der Waals surface area contributed by atoms with Crippen LogP contribution in [0.2, 0.25) is 0 Å². The van der Waals surface area contributed by atoms with E-state index in [1.54, 1.807) is 7.05 Å². The van der Waals surface area contributed by atoms with Crippen LogP contribution in [-0.2, 0) is 18.3 Å². The highest BCUT2D eigenvalue weighted by atomic mass is 16.6. The summed E-state index contributed by atoms with van der Waals surface area (Å²) >= 11 is 0. The van der Waals surface area contributed by atoms with Crippen LogP contribution < -0.4 is 10.6 Å². The number of anilines is 1. The molecule has 0 saturated carbocycles. The van der Waals surface area contributed by atoms with E-state index < -0.39 is 4.92 Å². The number of aryl methyl sites for hydroxylation is 2. The van der Waals surface area contributed by atoms with Crippen molar-refractivity contribution in [3.8, 4) is 0 Å². The third-order valence-corrected chi connectivity index (χ3v) is 2.63. The number of aromatic nitrogens is 2. The van der Waals surface area contributed by atoms with Crippen LogP contribution in [-0.4, -0.2) is 33.7 Å². The van der Waals surface area contributed by atoms with Crippen LogP contribution in [0.5, 0.6) is 0 Å². The molecule has 0 radical (unpaired) electrons. The van der Waals surface area contributed by atoms with Gasteiger partial charge in [-0.15, -0.1) is 0 Å². The van der Waals surface area contributed by atoms with Gasteiger partial charge in [0, 0.05) is 26.6 Å². The van der Waals surface area contributed by atoms with Crippen molar-refractivity contribution in [1.82, 2.24) is 15.1 Å². The van der Waals surface area contributed by atoms with Gasteiger partial charge in [-0.3, -0.25) is 14.9 Å². The van der Waals surface area contributed by atoms with E-state index in [0.717, 1.165) is 0 Å². The second-order valence-corrected chi connectivity index (χ2v) is 4.01. The molecule has 2 N–H and O–H groups in total. The first-order chi connectivity index (χ1) is 9.01. The second kappa shape index (κ2) is 6.72. The molecule has 1 amide bonds. The van der Waals surface area contributed by atoms with E-state index in [9.17, 15) is 14.9 Å². The molecule has 1 aromatic heterocycles. The summed E-state index contributed by atoms with van der Waals surface area (Å²) in [7, 11) is 1.64. The molecular weight excluding hydrogens is 250 g/mol. The molecule has 1 aromatic rings. The van der Waals surface area contributed by atoms with Crippen molar-refractivity contribution in [2.24, 2.45) is 7.05 Å². The first-order valence-electron chi connectivity index (χ1n) is 6.22. The van der Waals surface area contributed by atoms with Crippen molar-refractivity contribution in [3.05, 3.63) is 15.8 Å². The van der Waals surface area contributed by atoms with Crippen molar-refractivity contribution in [3.63, 3.8) is 0 Å². The maximum absolute atomic E-state index is 11.3. The number of nitrogens with one attached hydrogen (secondary N) is 2. The lowest BCUT2D eigenvalue weighted by Crippen LogP contribution is -2.25. The fourth-order valence-corrected chi connectivity index (χ4v) is 1.78. The lowest BCUT2D eigenvalue weighted by atomic mass is 10.3. The van der Waals surface area contributed by atoms with Crippen molar-refractivity contribution in [1.29, 1.82) is 0 Å². The molecule has 0 fully saturated rings. The fourth-order valence-electron chi connectivity index (χ4n) is 1.78. The number of hydrogen-bond donors (Lipinski definition) is 2. The summed E-state index contributed by atoms with van der Waals surface area (Å²) in [5.41, 5.74) is 0.425. The maximum Gasteiger partial charge on any atom is 0.333 e. The van der Waals surface area contributed by atoms with Crippen LogP contribution in [0.25, 0.3) is 0 Å². The minimum Gasteiger partial charge on any atom is -0.364 e. The van der Waals surface area contributed by atoms with Gasteiger partial charge in [-0.2, -0.15) is 5.10 Å². The average Bonchev–Trinajstić information content (AvgIpc) is 2.66. The Balaban J connectivity index is 2.75. The summed E-state index contributed by atoms with van der Waals surface area (Å²) < 4.78 is 1.44. The number of carbonyl (C=O) groups is 1. The van der Waals surface area contributed by atoms with Gasteiger partial charge in [0.25, 0.3) is 0 Å². The summed E-state index contributed by atoms with van der Waals surface area (Å²) in [6, 6.07) is 0. The van der Waals surface area contributed by atoms with Crippen LogP contribution in [0.1, 0.15) is 26.0 Å². The topological polar surface area (TPSA) is 102 Å². The van der Waals surface area contributed by atoms with Gasteiger partial charge in [0.05, 0.1) is 4.92 Å².